The summed E-state index contributed by atoms with van der Waals surface area (Å²) >= 11 is 0. The second-order valence-corrected chi connectivity index (χ2v) is 6.18. The van der Waals surface area contributed by atoms with E-state index in [1.807, 2.05) is 18.2 Å². The zero-order chi connectivity index (χ0) is 13.9. The molecule has 0 radical (unpaired) electrons. The van der Waals surface area contributed by atoms with Crippen molar-refractivity contribution in [2.75, 3.05) is 7.11 Å². The van der Waals surface area contributed by atoms with Gasteiger partial charge in [-0.25, -0.2) is 0 Å². The maximum absolute atomic E-state index is 11.5. The predicted octanol–water partition coefficient (Wildman–Crippen LogP) is 2.68. The van der Waals surface area contributed by atoms with Gasteiger partial charge in [-0.2, -0.15) is 0 Å². The molecule has 2 fully saturated rings. The van der Waals surface area contributed by atoms with E-state index in [0.29, 0.717) is 12.5 Å². The Kier molecular flexibility index (Phi) is 4.06. The average molecular weight is 273 g/mol. The van der Waals surface area contributed by atoms with Crippen molar-refractivity contribution in [2.45, 2.75) is 44.7 Å². The predicted molar refractivity (Wildman–Crippen MR) is 78.2 cm³/mol. The smallest absolute Gasteiger partial charge is 0.309 e. The van der Waals surface area contributed by atoms with Gasteiger partial charge in [-0.1, -0.05) is 30.7 Å². The zero-order valence-electron chi connectivity index (χ0n) is 12.1. The second kappa shape index (κ2) is 5.96. The van der Waals surface area contributed by atoms with Crippen molar-refractivity contribution in [2.24, 2.45) is 11.8 Å². The summed E-state index contributed by atoms with van der Waals surface area (Å²) in [4.78, 5) is 11.5. The highest BCUT2D eigenvalue weighted by Crippen LogP contribution is 2.44. The third-order valence-electron chi connectivity index (χ3n) is 4.97. The molecule has 3 atom stereocenters. The molecule has 2 aliphatic carbocycles. The number of fused-ring (bicyclic) bond motifs is 2. The van der Waals surface area contributed by atoms with Gasteiger partial charge in [0.1, 0.15) is 0 Å². The van der Waals surface area contributed by atoms with Crippen LogP contribution in [-0.2, 0) is 22.5 Å². The van der Waals surface area contributed by atoms with Gasteiger partial charge in [0.15, 0.2) is 0 Å². The number of benzene rings is 1. The molecule has 1 aromatic carbocycles. The minimum absolute atomic E-state index is 0.169. The Labute approximate surface area is 120 Å². The number of ether oxygens (including phenoxy) is 1. The van der Waals surface area contributed by atoms with Crippen molar-refractivity contribution in [1.29, 1.82) is 0 Å². The van der Waals surface area contributed by atoms with Gasteiger partial charge in [0.25, 0.3) is 0 Å². The fourth-order valence-corrected chi connectivity index (χ4v) is 3.87. The van der Waals surface area contributed by atoms with Crippen LogP contribution in [0.15, 0.2) is 24.3 Å². The number of carbonyl (C=O) groups is 1. The van der Waals surface area contributed by atoms with E-state index in [0.717, 1.165) is 23.9 Å². The maximum atomic E-state index is 11.5. The third kappa shape index (κ3) is 2.88. The van der Waals surface area contributed by atoms with Gasteiger partial charge in [-0.3, -0.25) is 4.79 Å². The van der Waals surface area contributed by atoms with Crippen LogP contribution in [0.3, 0.4) is 0 Å². The molecule has 0 amide bonds. The minimum Gasteiger partial charge on any atom is -0.469 e. The molecule has 3 heteroatoms. The number of esters is 1. The summed E-state index contributed by atoms with van der Waals surface area (Å²) in [5.74, 6) is 1.67. The Bertz CT molecular complexity index is 486. The summed E-state index contributed by atoms with van der Waals surface area (Å²) in [5.41, 5.74) is 2.30. The molecule has 0 saturated heterocycles. The van der Waals surface area contributed by atoms with E-state index < -0.39 is 0 Å². The fraction of sp³-hybridized carbons (Fsp3) is 0.588. The highest BCUT2D eigenvalue weighted by Gasteiger charge is 2.38. The van der Waals surface area contributed by atoms with Gasteiger partial charge >= 0.3 is 5.97 Å². The molecular formula is C17H23NO2. The molecule has 20 heavy (non-hydrogen) atoms. The molecular weight excluding hydrogens is 250 g/mol. The summed E-state index contributed by atoms with van der Waals surface area (Å²) in [6.45, 7) is 0.862. The molecule has 2 aliphatic rings. The first-order valence-electron chi connectivity index (χ1n) is 7.63. The lowest BCUT2D eigenvalue weighted by atomic mass is 9.95. The molecule has 1 aromatic rings. The Morgan fingerprint density at radius 2 is 2.05 bits per heavy atom. The van der Waals surface area contributed by atoms with Crippen LogP contribution in [0.1, 0.15) is 36.8 Å². The molecule has 3 rings (SSSR count). The zero-order valence-corrected chi connectivity index (χ0v) is 12.1. The summed E-state index contributed by atoms with van der Waals surface area (Å²) in [5, 5.41) is 3.71. The number of hydrogen-bond acceptors (Lipinski definition) is 3. The Morgan fingerprint density at radius 1 is 1.25 bits per heavy atom. The van der Waals surface area contributed by atoms with E-state index >= 15 is 0 Å². The lowest BCUT2D eigenvalue weighted by Crippen LogP contribution is -2.33. The summed E-state index contributed by atoms with van der Waals surface area (Å²) in [7, 11) is 1.44. The Balaban J connectivity index is 1.61. The van der Waals surface area contributed by atoms with E-state index in [2.05, 4.69) is 11.4 Å². The Hall–Kier alpha value is -1.35. The van der Waals surface area contributed by atoms with E-state index in [9.17, 15) is 4.79 Å². The van der Waals surface area contributed by atoms with Crippen molar-refractivity contribution >= 4 is 5.97 Å². The summed E-state index contributed by atoms with van der Waals surface area (Å²) in [6, 6.07) is 8.84. The number of nitrogens with one attached hydrogen (secondary N) is 1. The van der Waals surface area contributed by atoms with Crippen molar-refractivity contribution < 1.29 is 9.53 Å². The lowest BCUT2D eigenvalue weighted by molar-refractivity contribution is -0.139. The van der Waals surface area contributed by atoms with Crippen LogP contribution in [0.4, 0.5) is 0 Å². The highest BCUT2D eigenvalue weighted by molar-refractivity contribution is 5.72. The number of carbonyl (C=O) groups excluding carboxylic acids is 1. The van der Waals surface area contributed by atoms with E-state index in [4.69, 9.17) is 4.74 Å². The van der Waals surface area contributed by atoms with Gasteiger partial charge in [-0.15, -0.1) is 0 Å². The van der Waals surface area contributed by atoms with E-state index in [1.54, 1.807) is 0 Å². The van der Waals surface area contributed by atoms with Gasteiger partial charge in [0, 0.05) is 12.6 Å². The molecule has 3 unspecified atom stereocenters. The second-order valence-electron chi connectivity index (χ2n) is 6.18. The van der Waals surface area contributed by atoms with Crippen LogP contribution < -0.4 is 5.32 Å². The topological polar surface area (TPSA) is 38.3 Å². The standard InChI is InChI=1S/C17H23NO2/c1-20-17(19)10-13-4-2-3-5-15(13)11-18-16-9-12-6-7-14(16)8-12/h2-5,12,14,16,18H,6-11H2,1H3. The molecule has 0 aliphatic heterocycles. The van der Waals surface area contributed by atoms with E-state index in [-0.39, 0.29) is 5.97 Å². The van der Waals surface area contributed by atoms with Gasteiger partial charge in [0.05, 0.1) is 13.5 Å². The van der Waals surface area contributed by atoms with Crippen LogP contribution in [0.2, 0.25) is 0 Å². The van der Waals surface area contributed by atoms with Crippen molar-refractivity contribution in [1.82, 2.24) is 5.32 Å². The van der Waals surface area contributed by atoms with Crippen LogP contribution in [-0.4, -0.2) is 19.1 Å². The quantitative estimate of drug-likeness (QED) is 0.838. The monoisotopic (exact) mass is 273 g/mol. The van der Waals surface area contributed by atoms with Crippen LogP contribution in [0.5, 0.6) is 0 Å². The maximum Gasteiger partial charge on any atom is 0.309 e. The first-order chi connectivity index (χ1) is 9.76. The van der Waals surface area contributed by atoms with Crippen LogP contribution >= 0.6 is 0 Å². The Morgan fingerprint density at radius 3 is 2.70 bits per heavy atom. The third-order valence-corrected chi connectivity index (χ3v) is 4.97. The van der Waals surface area contributed by atoms with E-state index in [1.165, 1.54) is 38.4 Å². The number of hydrogen-bond donors (Lipinski definition) is 1. The highest BCUT2D eigenvalue weighted by atomic mass is 16.5. The summed E-state index contributed by atoms with van der Waals surface area (Å²) < 4.78 is 4.77. The molecule has 0 heterocycles. The normalized spacial score (nSPS) is 27.8. The molecule has 2 saturated carbocycles. The van der Waals surface area contributed by atoms with Gasteiger partial charge in [0.2, 0.25) is 0 Å². The largest absolute Gasteiger partial charge is 0.469 e. The van der Waals surface area contributed by atoms with Crippen LogP contribution in [0.25, 0.3) is 0 Å². The molecule has 2 bridgehead atoms. The van der Waals surface area contributed by atoms with Crippen molar-refractivity contribution in [3.8, 4) is 0 Å². The van der Waals surface area contributed by atoms with Crippen LogP contribution in [0, 0.1) is 11.8 Å². The average Bonchev–Trinajstić information content (AvgIpc) is 3.08. The fourth-order valence-electron chi connectivity index (χ4n) is 3.87. The molecule has 0 aromatic heterocycles. The number of rotatable bonds is 5. The van der Waals surface area contributed by atoms with Gasteiger partial charge in [-0.05, 0) is 42.2 Å². The first-order valence-corrected chi connectivity index (χ1v) is 7.63. The molecule has 3 nitrogen and oxygen atoms in total. The SMILES string of the molecule is COC(=O)Cc1ccccc1CNC1CC2CCC1C2. The van der Waals surface area contributed by atoms with Gasteiger partial charge < -0.3 is 10.1 Å². The van der Waals surface area contributed by atoms with Crippen molar-refractivity contribution in [3.05, 3.63) is 35.4 Å². The molecule has 108 valence electrons. The first kappa shape index (κ1) is 13.6. The summed E-state index contributed by atoms with van der Waals surface area (Å²) in [6.07, 6.45) is 5.95. The van der Waals surface area contributed by atoms with Crippen molar-refractivity contribution in [3.63, 3.8) is 0 Å². The lowest BCUT2D eigenvalue weighted by Gasteiger charge is -2.23. The molecule has 0 spiro atoms. The number of methoxy groups -OCH3 is 1. The minimum atomic E-state index is -0.169. The molecule has 1 N–H and O–H groups in total.